The van der Waals surface area contributed by atoms with Gasteiger partial charge < -0.3 is 9.31 Å². The SMILES string of the molecule is CC1(C)OB(C(F)=Cc2nccc3ccccc23)OC1(C)C. The predicted octanol–water partition coefficient (Wildman–Crippen LogP) is 4.18. The van der Waals surface area contributed by atoms with Gasteiger partial charge >= 0.3 is 7.12 Å². The standard InChI is InChI=1S/C17H19BFNO2/c1-16(2)17(3,4)22-18(21-16)15(19)11-14-13-8-6-5-7-12(13)9-10-20-14/h5-11H,1-4H3. The minimum atomic E-state index is -0.995. The smallest absolute Gasteiger partial charge is 0.398 e. The highest BCUT2D eigenvalue weighted by Gasteiger charge is 2.53. The van der Waals surface area contributed by atoms with Crippen molar-refractivity contribution in [3.8, 4) is 0 Å². The average Bonchev–Trinajstić information content (AvgIpc) is 2.68. The number of benzene rings is 1. The van der Waals surface area contributed by atoms with Crippen LogP contribution < -0.4 is 0 Å². The number of aromatic nitrogens is 1. The Bertz CT molecular complexity index is 721. The van der Waals surface area contributed by atoms with Gasteiger partial charge in [0, 0.05) is 11.6 Å². The van der Waals surface area contributed by atoms with Gasteiger partial charge in [0.1, 0.15) is 5.73 Å². The van der Waals surface area contributed by atoms with Crippen LogP contribution in [0.25, 0.3) is 16.8 Å². The Morgan fingerprint density at radius 3 is 2.41 bits per heavy atom. The fourth-order valence-corrected chi connectivity index (χ4v) is 2.41. The molecule has 1 aromatic carbocycles. The van der Waals surface area contributed by atoms with Crippen LogP contribution in [0.4, 0.5) is 4.39 Å². The Labute approximate surface area is 130 Å². The number of hydrogen-bond acceptors (Lipinski definition) is 3. The van der Waals surface area contributed by atoms with Crippen molar-refractivity contribution in [3.63, 3.8) is 0 Å². The maximum absolute atomic E-state index is 14.6. The van der Waals surface area contributed by atoms with Crippen molar-refractivity contribution in [1.82, 2.24) is 4.98 Å². The minimum absolute atomic E-state index is 0.470. The summed E-state index contributed by atoms with van der Waals surface area (Å²) in [7, 11) is -0.995. The van der Waals surface area contributed by atoms with Gasteiger partial charge in [0.05, 0.1) is 16.9 Å². The largest absolute Gasteiger partial charge is 0.525 e. The summed E-state index contributed by atoms with van der Waals surface area (Å²) < 4.78 is 26.0. The van der Waals surface area contributed by atoms with Crippen LogP contribution in [-0.4, -0.2) is 23.3 Å². The first-order valence-electron chi connectivity index (χ1n) is 7.37. The molecule has 1 aliphatic heterocycles. The third-order valence-corrected chi connectivity index (χ3v) is 4.46. The van der Waals surface area contributed by atoms with Crippen molar-refractivity contribution >= 4 is 24.0 Å². The van der Waals surface area contributed by atoms with E-state index in [0.717, 1.165) is 10.8 Å². The molecule has 0 unspecified atom stereocenters. The molecule has 0 saturated carbocycles. The summed E-state index contributed by atoms with van der Waals surface area (Å²) in [5.74, 6) is 0. The molecule has 2 aromatic rings. The van der Waals surface area contributed by atoms with Crippen LogP contribution in [0.1, 0.15) is 33.4 Å². The minimum Gasteiger partial charge on any atom is -0.398 e. The zero-order valence-corrected chi connectivity index (χ0v) is 13.3. The first-order valence-corrected chi connectivity index (χ1v) is 7.37. The monoisotopic (exact) mass is 299 g/mol. The highest BCUT2D eigenvalue weighted by atomic mass is 19.1. The van der Waals surface area contributed by atoms with Gasteiger partial charge in [-0.25, -0.2) is 4.39 Å². The molecule has 1 fully saturated rings. The lowest BCUT2D eigenvalue weighted by Crippen LogP contribution is -2.41. The van der Waals surface area contributed by atoms with Crippen LogP contribution in [0.3, 0.4) is 0 Å². The Kier molecular flexibility index (Phi) is 3.58. The molecule has 0 bridgehead atoms. The van der Waals surface area contributed by atoms with E-state index in [0.29, 0.717) is 5.69 Å². The topological polar surface area (TPSA) is 31.4 Å². The Hall–Kier alpha value is -1.72. The molecule has 0 radical (unpaired) electrons. The Balaban J connectivity index is 1.95. The maximum Gasteiger partial charge on any atom is 0.525 e. The molecule has 0 amide bonds. The molecule has 2 heterocycles. The highest BCUT2D eigenvalue weighted by Crippen LogP contribution is 2.39. The van der Waals surface area contributed by atoms with Crippen LogP contribution in [0, 0.1) is 0 Å². The summed E-state index contributed by atoms with van der Waals surface area (Å²) in [4.78, 5) is 4.26. The second-order valence-electron chi connectivity index (χ2n) is 6.53. The lowest BCUT2D eigenvalue weighted by Gasteiger charge is -2.32. The van der Waals surface area contributed by atoms with E-state index >= 15 is 0 Å². The fraction of sp³-hybridized carbons (Fsp3) is 0.353. The van der Waals surface area contributed by atoms with Gasteiger partial charge in [0.25, 0.3) is 0 Å². The summed E-state index contributed by atoms with van der Waals surface area (Å²) >= 11 is 0. The first kappa shape index (κ1) is 15.2. The molecule has 3 nitrogen and oxygen atoms in total. The summed E-state index contributed by atoms with van der Waals surface area (Å²) in [6.07, 6.45) is 3.07. The highest BCUT2D eigenvalue weighted by molar-refractivity contribution is 6.54. The Morgan fingerprint density at radius 2 is 1.73 bits per heavy atom. The molecule has 114 valence electrons. The van der Waals surface area contributed by atoms with Crippen molar-refractivity contribution in [1.29, 1.82) is 0 Å². The van der Waals surface area contributed by atoms with Gasteiger partial charge in [0.2, 0.25) is 0 Å². The molecule has 0 spiro atoms. The van der Waals surface area contributed by atoms with Crippen LogP contribution in [-0.2, 0) is 9.31 Å². The van der Waals surface area contributed by atoms with Crippen LogP contribution in [0.2, 0.25) is 0 Å². The van der Waals surface area contributed by atoms with Crippen LogP contribution in [0.15, 0.2) is 42.3 Å². The quantitative estimate of drug-likeness (QED) is 0.780. The fourth-order valence-electron chi connectivity index (χ4n) is 2.41. The van der Waals surface area contributed by atoms with Crippen molar-refractivity contribution in [2.75, 3.05) is 0 Å². The van der Waals surface area contributed by atoms with E-state index in [2.05, 4.69) is 4.98 Å². The normalized spacial score (nSPS) is 20.6. The molecular weight excluding hydrogens is 280 g/mol. The van der Waals surface area contributed by atoms with E-state index in [-0.39, 0.29) is 0 Å². The van der Waals surface area contributed by atoms with Gasteiger partial charge in [0.15, 0.2) is 0 Å². The molecule has 0 aliphatic carbocycles. The summed E-state index contributed by atoms with van der Waals surface area (Å²) in [6.45, 7) is 7.60. The Morgan fingerprint density at radius 1 is 1.09 bits per heavy atom. The van der Waals surface area contributed by atoms with E-state index in [1.807, 2.05) is 58.0 Å². The van der Waals surface area contributed by atoms with Gasteiger partial charge in [-0.05, 0) is 45.2 Å². The number of pyridine rings is 1. The van der Waals surface area contributed by atoms with Gasteiger partial charge in [-0.15, -0.1) is 0 Å². The number of halogens is 1. The zero-order valence-electron chi connectivity index (χ0n) is 13.3. The molecule has 22 heavy (non-hydrogen) atoms. The molecular formula is C17H19BFNO2. The number of rotatable bonds is 2. The summed E-state index contributed by atoms with van der Waals surface area (Å²) in [5.41, 5.74) is -1.02. The second-order valence-corrected chi connectivity index (χ2v) is 6.53. The van der Waals surface area contributed by atoms with E-state index in [1.165, 1.54) is 6.08 Å². The third kappa shape index (κ3) is 2.55. The lowest BCUT2D eigenvalue weighted by molar-refractivity contribution is 0.00578. The molecule has 1 aromatic heterocycles. The molecule has 0 N–H and O–H groups in total. The molecule has 1 saturated heterocycles. The molecule has 1 aliphatic rings. The van der Waals surface area contributed by atoms with E-state index in [4.69, 9.17) is 9.31 Å². The van der Waals surface area contributed by atoms with E-state index in [1.54, 1.807) is 6.20 Å². The van der Waals surface area contributed by atoms with Crippen LogP contribution >= 0.6 is 0 Å². The average molecular weight is 299 g/mol. The number of fused-ring (bicyclic) bond motifs is 1. The summed E-state index contributed by atoms with van der Waals surface area (Å²) in [5, 5.41) is 1.92. The lowest BCUT2D eigenvalue weighted by atomic mass is 9.87. The predicted molar refractivity (Wildman–Crippen MR) is 86.9 cm³/mol. The van der Waals surface area contributed by atoms with Crippen molar-refractivity contribution < 1.29 is 13.7 Å². The van der Waals surface area contributed by atoms with E-state index in [9.17, 15) is 4.39 Å². The molecule has 5 heteroatoms. The van der Waals surface area contributed by atoms with Crippen molar-refractivity contribution in [2.45, 2.75) is 38.9 Å². The van der Waals surface area contributed by atoms with Gasteiger partial charge in [-0.2, -0.15) is 0 Å². The maximum atomic E-state index is 14.6. The second kappa shape index (κ2) is 5.18. The number of nitrogens with zero attached hydrogens (tertiary/aromatic N) is 1. The van der Waals surface area contributed by atoms with Crippen molar-refractivity contribution in [3.05, 3.63) is 47.9 Å². The van der Waals surface area contributed by atoms with Gasteiger partial charge in [-0.3, -0.25) is 4.98 Å². The first-order chi connectivity index (χ1) is 10.3. The van der Waals surface area contributed by atoms with Crippen molar-refractivity contribution in [2.24, 2.45) is 0 Å². The summed E-state index contributed by atoms with van der Waals surface area (Å²) in [6, 6.07) is 9.65. The van der Waals surface area contributed by atoms with Gasteiger partial charge in [-0.1, -0.05) is 24.3 Å². The van der Waals surface area contributed by atoms with E-state index < -0.39 is 24.0 Å². The molecule has 0 atom stereocenters. The molecule has 3 rings (SSSR count). The van der Waals surface area contributed by atoms with Crippen LogP contribution in [0.5, 0.6) is 0 Å². The third-order valence-electron chi connectivity index (χ3n) is 4.46. The zero-order chi connectivity index (χ0) is 16.0. The number of hydrogen-bond donors (Lipinski definition) is 0.